The monoisotopic (exact) mass is 141 g/mol. The third-order valence-electron chi connectivity index (χ3n) is 1.52. The maximum atomic E-state index is 8.96. The summed E-state index contributed by atoms with van der Waals surface area (Å²) in [7, 11) is 0. The molecule has 1 radical (unpaired) electrons. The van der Waals surface area contributed by atoms with Crippen LogP contribution in [0.25, 0.3) is 0 Å². The number of unbranched alkanes of at least 4 members (excludes halogenated alkanes) is 3. The van der Waals surface area contributed by atoms with E-state index in [1.54, 1.807) is 0 Å². The minimum atomic E-state index is 0.427. The standard InChI is InChI=1S/C9H17O/c1-3-5-6-7-8-9(10)4-2/h4,10H,2-3,5-8H2,1H3. The molecule has 10 heavy (non-hydrogen) atoms. The molecule has 0 heterocycles. The number of aliphatic hydroxyl groups is 1. The fourth-order valence-corrected chi connectivity index (χ4v) is 0.835. The molecular formula is C9H17O. The molecule has 0 saturated heterocycles. The van der Waals surface area contributed by atoms with Gasteiger partial charge >= 0.3 is 0 Å². The lowest BCUT2D eigenvalue weighted by Crippen LogP contribution is -1.89. The third kappa shape index (κ3) is 5.83. The van der Waals surface area contributed by atoms with Crippen LogP contribution in [-0.4, -0.2) is 5.11 Å². The average molecular weight is 141 g/mol. The van der Waals surface area contributed by atoms with Crippen LogP contribution in [0.3, 0.4) is 0 Å². The molecule has 0 spiro atoms. The first-order valence-electron chi connectivity index (χ1n) is 3.98. The van der Waals surface area contributed by atoms with E-state index in [1.807, 2.05) is 0 Å². The van der Waals surface area contributed by atoms with Gasteiger partial charge in [-0.3, -0.25) is 0 Å². The van der Waals surface area contributed by atoms with Crippen LogP contribution in [0.15, 0.2) is 12.7 Å². The molecule has 59 valence electrons. The minimum Gasteiger partial charge on any atom is -0.382 e. The molecule has 0 rings (SSSR count). The van der Waals surface area contributed by atoms with Crippen molar-refractivity contribution in [3.8, 4) is 0 Å². The van der Waals surface area contributed by atoms with Gasteiger partial charge < -0.3 is 5.11 Å². The Kier molecular flexibility index (Phi) is 6.61. The lowest BCUT2D eigenvalue weighted by atomic mass is 10.1. The fraction of sp³-hybridized carbons (Fsp3) is 0.667. The Morgan fingerprint density at radius 1 is 1.40 bits per heavy atom. The van der Waals surface area contributed by atoms with Gasteiger partial charge in [0.2, 0.25) is 0 Å². The van der Waals surface area contributed by atoms with Gasteiger partial charge in [-0.1, -0.05) is 38.7 Å². The molecule has 1 nitrogen and oxygen atoms in total. The van der Waals surface area contributed by atoms with Crippen molar-refractivity contribution in [1.82, 2.24) is 0 Å². The summed E-state index contributed by atoms with van der Waals surface area (Å²) in [6.07, 6.45) is 7.56. The van der Waals surface area contributed by atoms with Crippen LogP contribution in [-0.2, 0) is 0 Å². The predicted octanol–water partition coefficient (Wildman–Crippen LogP) is 3.05. The fourth-order valence-electron chi connectivity index (χ4n) is 0.835. The van der Waals surface area contributed by atoms with Crippen molar-refractivity contribution in [3.63, 3.8) is 0 Å². The van der Waals surface area contributed by atoms with Crippen molar-refractivity contribution in [2.45, 2.75) is 39.0 Å². The molecule has 0 aromatic heterocycles. The Hall–Kier alpha value is -0.300. The second-order valence-corrected chi connectivity index (χ2v) is 2.51. The summed E-state index contributed by atoms with van der Waals surface area (Å²) in [4.78, 5) is 0. The van der Waals surface area contributed by atoms with Gasteiger partial charge in [0.25, 0.3) is 0 Å². The molecule has 0 unspecified atom stereocenters. The van der Waals surface area contributed by atoms with Crippen molar-refractivity contribution < 1.29 is 5.11 Å². The number of rotatable bonds is 6. The summed E-state index contributed by atoms with van der Waals surface area (Å²) in [5.41, 5.74) is 0. The average Bonchev–Trinajstić information content (AvgIpc) is 1.98. The maximum Gasteiger partial charge on any atom is 0.115 e. The normalized spacial score (nSPS) is 10.3. The highest BCUT2D eigenvalue weighted by atomic mass is 16.3. The highest BCUT2D eigenvalue weighted by Crippen LogP contribution is 2.09. The van der Waals surface area contributed by atoms with Crippen LogP contribution in [0.5, 0.6) is 0 Å². The Labute approximate surface area is 63.8 Å². The van der Waals surface area contributed by atoms with E-state index in [2.05, 4.69) is 13.5 Å². The largest absolute Gasteiger partial charge is 0.382 e. The van der Waals surface area contributed by atoms with Crippen LogP contribution in [0.4, 0.5) is 0 Å². The first-order chi connectivity index (χ1) is 4.81. The van der Waals surface area contributed by atoms with E-state index in [0.717, 1.165) is 12.8 Å². The van der Waals surface area contributed by atoms with Gasteiger partial charge in [-0.25, -0.2) is 0 Å². The Morgan fingerprint density at radius 3 is 2.60 bits per heavy atom. The Morgan fingerprint density at radius 2 is 2.10 bits per heavy atom. The zero-order valence-corrected chi connectivity index (χ0v) is 6.77. The van der Waals surface area contributed by atoms with Crippen LogP contribution >= 0.6 is 0 Å². The van der Waals surface area contributed by atoms with Crippen LogP contribution < -0.4 is 0 Å². The zero-order valence-electron chi connectivity index (χ0n) is 6.77. The van der Waals surface area contributed by atoms with Crippen molar-refractivity contribution in [2.24, 2.45) is 0 Å². The Balaban J connectivity index is 2.95. The summed E-state index contributed by atoms with van der Waals surface area (Å²) in [5, 5.41) is 8.96. The summed E-state index contributed by atoms with van der Waals surface area (Å²) in [6.45, 7) is 5.65. The molecule has 0 fully saturated rings. The Bertz CT molecular complexity index is 78.8. The van der Waals surface area contributed by atoms with Gasteiger partial charge in [-0.15, -0.1) is 6.58 Å². The minimum absolute atomic E-state index is 0.427. The predicted molar refractivity (Wildman–Crippen MR) is 44.1 cm³/mol. The lowest BCUT2D eigenvalue weighted by molar-refractivity contribution is 0.313. The number of hydrogen-bond donors (Lipinski definition) is 1. The SMILES string of the molecule is C=C[C](O)CCCCCC. The molecular weight excluding hydrogens is 124 g/mol. The number of hydrogen-bond acceptors (Lipinski definition) is 1. The van der Waals surface area contributed by atoms with Crippen molar-refractivity contribution in [2.75, 3.05) is 0 Å². The lowest BCUT2D eigenvalue weighted by Gasteiger charge is -2.01. The molecule has 1 N–H and O–H groups in total. The van der Waals surface area contributed by atoms with E-state index in [-0.39, 0.29) is 0 Å². The summed E-state index contributed by atoms with van der Waals surface area (Å²) in [6, 6.07) is 0. The molecule has 0 aromatic rings. The summed E-state index contributed by atoms with van der Waals surface area (Å²) >= 11 is 0. The zero-order chi connectivity index (χ0) is 7.82. The summed E-state index contributed by atoms with van der Waals surface area (Å²) in [5.74, 6) is 0. The topological polar surface area (TPSA) is 20.2 Å². The van der Waals surface area contributed by atoms with E-state index in [0.29, 0.717) is 6.10 Å². The quantitative estimate of drug-likeness (QED) is 0.564. The van der Waals surface area contributed by atoms with E-state index in [1.165, 1.54) is 25.3 Å². The highest BCUT2D eigenvalue weighted by Gasteiger charge is 1.97. The molecule has 1 heteroatoms. The van der Waals surface area contributed by atoms with E-state index >= 15 is 0 Å². The molecule has 0 aliphatic heterocycles. The molecule has 0 bridgehead atoms. The van der Waals surface area contributed by atoms with Gasteiger partial charge in [-0.05, 0) is 6.42 Å². The van der Waals surface area contributed by atoms with Gasteiger partial charge in [-0.2, -0.15) is 0 Å². The first kappa shape index (κ1) is 9.70. The smallest absolute Gasteiger partial charge is 0.115 e. The molecule has 0 atom stereocenters. The second kappa shape index (κ2) is 6.81. The van der Waals surface area contributed by atoms with Crippen LogP contribution in [0.2, 0.25) is 0 Å². The van der Waals surface area contributed by atoms with Crippen molar-refractivity contribution >= 4 is 0 Å². The molecule has 0 aliphatic carbocycles. The molecule has 0 aliphatic rings. The molecule has 0 aromatic carbocycles. The third-order valence-corrected chi connectivity index (χ3v) is 1.52. The summed E-state index contributed by atoms with van der Waals surface area (Å²) < 4.78 is 0. The van der Waals surface area contributed by atoms with E-state index < -0.39 is 0 Å². The first-order valence-corrected chi connectivity index (χ1v) is 3.98. The van der Waals surface area contributed by atoms with Gasteiger partial charge in [0.15, 0.2) is 0 Å². The van der Waals surface area contributed by atoms with E-state index in [9.17, 15) is 0 Å². The molecule has 0 amide bonds. The highest BCUT2D eigenvalue weighted by molar-refractivity contribution is 4.94. The van der Waals surface area contributed by atoms with Crippen molar-refractivity contribution in [3.05, 3.63) is 18.8 Å². The maximum absolute atomic E-state index is 8.96. The van der Waals surface area contributed by atoms with Gasteiger partial charge in [0.05, 0.1) is 0 Å². The van der Waals surface area contributed by atoms with Crippen LogP contribution in [0.1, 0.15) is 39.0 Å². The molecule has 0 saturated carbocycles. The van der Waals surface area contributed by atoms with Gasteiger partial charge in [0.1, 0.15) is 6.10 Å². The van der Waals surface area contributed by atoms with Crippen molar-refractivity contribution in [1.29, 1.82) is 0 Å². The number of aliphatic hydroxyl groups excluding tert-OH is 1. The second-order valence-electron chi connectivity index (χ2n) is 2.51. The van der Waals surface area contributed by atoms with Crippen LogP contribution in [0, 0.1) is 6.10 Å². The van der Waals surface area contributed by atoms with E-state index in [4.69, 9.17) is 5.11 Å². The van der Waals surface area contributed by atoms with Gasteiger partial charge in [0, 0.05) is 0 Å².